The number of hydrogen-bond donors (Lipinski definition) is 1. The summed E-state index contributed by atoms with van der Waals surface area (Å²) < 4.78 is 5.83. The number of pyridine rings is 1. The van der Waals surface area contributed by atoms with Gasteiger partial charge in [-0.1, -0.05) is 12.1 Å². The molecule has 1 N–H and O–H groups in total. The van der Waals surface area contributed by atoms with Crippen molar-refractivity contribution in [2.75, 3.05) is 16.8 Å². The van der Waals surface area contributed by atoms with Gasteiger partial charge >= 0.3 is 0 Å². The largest absolute Gasteiger partial charge is 0.473 e. The van der Waals surface area contributed by atoms with E-state index in [0.29, 0.717) is 11.4 Å². The highest BCUT2D eigenvalue weighted by atomic mass is 32.2. The summed E-state index contributed by atoms with van der Waals surface area (Å²) in [6.07, 6.45) is 2.82. The summed E-state index contributed by atoms with van der Waals surface area (Å²) in [5, 5.41) is 5.95. The van der Waals surface area contributed by atoms with Gasteiger partial charge in [-0.05, 0) is 37.3 Å². The summed E-state index contributed by atoms with van der Waals surface area (Å²) in [4.78, 5) is 21.3. The summed E-state index contributed by atoms with van der Waals surface area (Å²) >= 11 is 3.50. The lowest BCUT2D eigenvalue weighted by molar-refractivity contribution is 0.102. The molecule has 1 saturated heterocycles. The van der Waals surface area contributed by atoms with E-state index in [-0.39, 0.29) is 12.0 Å². The lowest BCUT2D eigenvalue weighted by Crippen LogP contribution is -2.16. The Balaban J connectivity index is 1.42. The van der Waals surface area contributed by atoms with Crippen LogP contribution in [0.5, 0.6) is 5.88 Å². The van der Waals surface area contributed by atoms with Crippen molar-refractivity contribution in [3.63, 3.8) is 0 Å². The number of nitrogens with zero attached hydrogens (tertiary/aromatic N) is 2. The molecule has 0 bridgehead atoms. The number of benzene rings is 1. The zero-order chi connectivity index (χ0) is 18.6. The van der Waals surface area contributed by atoms with Crippen LogP contribution in [-0.4, -0.2) is 33.5 Å². The van der Waals surface area contributed by atoms with E-state index in [2.05, 4.69) is 15.3 Å². The minimum Gasteiger partial charge on any atom is -0.473 e. The lowest BCUT2D eigenvalue weighted by Gasteiger charge is -2.11. The van der Waals surface area contributed by atoms with Gasteiger partial charge in [0, 0.05) is 34.6 Å². The third-order valence-electron chi connectivity index (χ3n) is 4.21. The topological polar surface area (TPSA) is 64.1 Å². The van der Waals surface area contributed by atoms with Crippen molar-refractivity contribution in [2.45, 2.75) is 19.4 Å². The molecule has 1 fully saturated rings. The molecule has 2 aromatic heterocycles. The Hall–Kier alpha value is -2.38. The van der Waals surface area contributed by atoms with E-state index in [1.54, 1.807) is 29.7 Å². The number of thiazole rings is 1. The van der Waals surface area contributed by atoms with Crippen LogP contribution in [0.15, 0.2) is 48.0 Å². The second-order valence-electron chi connectivity index (χ2n) is 6.28. The second-order valence-corrected chi connectivity index (χ2v) is 8.49. The van der Waals surface area contributed by atoms with Gasteiger partial charge in [0.2, 0.25) is 5.88 Å². The van der Waals surface area contributed by atoms with E-state index in [1.807, 2.05) is 48.3 Å². The molecule has 1 atom stereocenters. The van der Waals surface area contributed by atoms with E-state index >= 15 is 0 Å². The predicted molar refractivity (Wildman–Crippen MR) is 111 cm³/mol. The van der Waals surface area contributed by atoms with Gasteiger partial charge in [0.1, 0.15) is 6.10 Å². The summed E-state index contributed by atoms with van der Waals surface area (Å²) in [5.74, 6) is 2.50. The summed E-state index contributed by atoms with van der Waals surface area (Å²) in [7, 11) is 0. The van der Waals surface area contributed by atoms with Crippen LogP contribution in [0, 0.1) is 6.92 Å². The van der Waals surface area contributed by atoms with Crippen LogP contribution in [0.25, 0.3) is 11.3 Å². The molecule has 4 rings (SSSR count). The fourth-order valence-electron chi connectivity index (χ4n) is 2.82. The SMILES string of the molecule is Cc1nc(-c2cccc(NC(=O)c3ccc(O[C@H]4CCSC4)nc3)c2)cs1. The molecule has 3 aromatic rings. The Kier molecular flexibility index (Phi) is 5.40. The third kappa shape index (κ3) is 4.48. The van der Waals surface area contributed by atoms with Gasteiger partial charge in [-0.3, -0.25) is 4.79 Å². The van der Waals surface area contributed by atoms with Gasteiger partial charge in [0.25, 0.3) is 5.91 Å². The van der Waals surface area contributed by atoms with E-state index in [4.69, 9.17) is 4.74 Å². The van der Waals surface area contributed by atoms with Crippen molar-refractivity contribution in [3.8, 4) is 17.1 Å². The van der Waals surface area contributed by atoms with Crippen molar-refractivity contribution in [1.29, 1.82) is 0 Å². The number of aromatic nitrogens is 2. The quantitative estimate of drug-likeness (QED) is 0.679. The summed E-state index contributed by atoms with van der Waals surface area (Å²) in [6.45, 7) is 1.98. The molecule has 1 aliphatic rings. The van der Waals surface area contributed by atoms with E-state index in [9.17, 15) is 4.79 Å². The normalized spacial score (nSPS) is 16.3. The molecular weight excluding hydrogens is 378 g/mol. The van der Waals surface area contributed by atoms with Crippen molar-refractivity contribution < 1.29 is 9.53 Å². The van der Waals surface area contributed by atoms with Crippen LogP contribution in [0.1, 0.15) is 21.8 Å². The lowest BCUT2D eigenvalue weighted by atomic mass is 10.1. The average Bonchev–Trinajstić information content (AvgIpc) is 3.34. The molecule has 0 saturated carbocycles. The summed E-state index contributed by atoms with van der Waals surface area (Å²) in [6, 6.07) is 11.2. The molecule has 0 unspecified atom stereocenters. The zero-order valence-electron chi connectivity index (χ0n) is 14.8. The number of rotatable bonds is 5. The van der Waals surface area contributed by atoms with Crippen LogP contribution < -0.4 is 10.1 Å². The van der Waals surface area contributed by atoms with Gasteiger partial charge in [-0.15, -0.1) is 11.3 Å². The van der Waals surface area contributed by atoms with E-state index < -0.39 is 0 Å². The van der Waals surface area contributed by atoms with E-state index in [0.717, 1.165) is 39.9 Å². The molecular formula is C20H19N3O2S2. The molecule has 5 nitrogen and oxygen atoms in total. The van der Waals surface area contributed by atoms with Crippen LogP contribution >= 0.6 is 23.1 Å². The van der Waals surface area contributed by atoms with Gasteiger partial charge in [0.15, 0.2) is 0 Å². The first-order valence-corrected chi connectivity index (χ1v) is 10.8. The molecule has 3 heterocycles. The number of hydrogen-bond acceptors (Lipinski definition) is 6. The number of nitrogens with one attached hydrogen (secondary N) is 1. The van der Waals surface area contributed by atoms with Crippen molar-refractivity contribution in [1.82, 2.24) is 9.97 Å². The number of aryl methyl sites for hydroxylation is 1. The van der Waals surface area contributed by atoms with Crippen LogP contribution in [0.3, 0.4) is 0 Å². The smallest absolute Gasteiger partial charge is 0.257 e. The molecule has 1 aliphatic heterocycles. The highest BCUT2D eigenvalue weighted by molar-refractivity contribution is 7.99. The number of ether oxygens (including phenoxy) is 1. The van der Waals surface area contributed by atoms with Crippen molar-refractivity contribution in [3.05, 3.63) is 58.5 Å². The zero-order valence-corrected chi connectivity index (χ0v) is 16.5. The van der Waals surface area contributed by atoms with Crippen LogP contribution in [-0.2, 0) is 0 Å². The minimum absolute atomic E-state index is 0.197. The van der Waals surface area contributed by atoms with Crippen LogP contribution in [0.2, 0.25) is 0 Å². The second kappa shape index (κ2) is 8.10. The van der Waals surface area contributed by atoms with Gasteiger partial charge in [0.05, 0.1) is 16.3 Å². The minimum atomic E-state index is -0.197. The molecule has 27 heavy (non-hydrogen) atoms. The Morgan fingerprint density at radius 3 is 2.93 bits per heavy atom. The van der Waals surface area contributed by atoms with E-state index in [1.165, 1.54) is 0 Å². The van der Waals surface area contributed by atoms with Crippen molar-refractivity contribution >= 4 is 34.7 Å². The molecule has 0 aliphatic carbocycles. The average molecular weight is 398 g/mol. The van der Waals surface area contributed by atoms with Gasteiger partial charge in [-0.2, -0.15) is 11.8 Å². The fraction of sp³-hybridized carbons (Fsp3) is 0.250. The third-order valence-corrected chi connectivity index (χ3v) is 6.11. The number of carbonyl (C=O) groups excluding carboxylic acids is 1. The fourth-order valence-corrected chi connectivity index (χ4v) is 4.53. The van der Waals surface area contributed by atoms with Gasteiger partial charge in [-0.25, -0.2) is 9.97 Å². The Morgan fingerprint density at radius 2 is 2.22 bits per heavy atom. The summed E-state index contributed by atoms with van der Waals surface area (Å²) in [5.41, 5.74) is 3.12. The maximum absolute atomic E-state index is 12.5. The molecule has 1 aromatic carbocycles. The maximum atomic E-state index is 12.5. The highest BCUT2D eigenvalue weighted by Crippen LogP contribution is 2.25. The number of thioether (sulfide) groups is 1. The first-order valence-electron chi connectivity index (χ1n) is 8.72. The molecule has 0 radical (unpaired) electrons. The highest BCUT2D eigenvalue weighted by Gasteiger charge is 2.17. The Bertz CT molecular complexity index is 934. The molecule has 7 heteroatoms. The first-order chi connectivity index (χ1) is 13.2. The molecule has 138 valence electrons. The van der Waals surface area contributed by atoms with Gasteiger partial charge < -0.3 is 10.1 Å². The first kappa shape index (κ1) is 18.0. The standard InChI is InChI=1S/C20H19N3O2S2/c1-13-22-18(12-27-13)14-3-2-4-16(9-14)23-20(24)15-5-6-19(21-10-15)25-17-7-8-26-11-17/h2-6,9-10,12,17H,7-8,11H2,1H3,(H,23,24)/t17-/m0/s1. The Morgan fingerprint density at radius 1 is 1.30 bits per heavy atom. The van der Waals surface area contributed by atoms with Crippen molar-refractivity contribution in [2.24, 2.45) is 0 Å². The number of anilines is 1. The maximum Gasteiger partial charge on any atom is 0.257 e. The predicted octanol–water partition coefficient (Wildman–Crippen LogP) is 4.65. The number of carbonyl (C=O) groups is 1. The Labute approximate surface area is 166 Å². The van der Waals surface area contributed by atoms with Crippen LogP contribution in [0.4, 0.5) is 5.69 Å². The number of amides is 1. The molecule has 0 spiro atoms. The molecule has 1 amide bonds. The monoisotopic (exact) mass is 397 g/mol.